The Hall–Kier alpha value is -1.39. The average Bonchev–Trinajstić information content (AvgIpc) is 2.05. The Balaban J connectivity index is 2.61. The van der Waals surface area contributed by atoms with Gasteiger partial charge in [-0.2, -0.15) is 5.10 Å². The molecule has 0 saturated heterocycles. The molecule has 2 N–H and O–H groups in total. The van der Waals surface area contributed by atoms with Crippen LogP contribution in [-0.2, 0) is 9.59 Å². The molecule has 0 bridgehead atoms. The molecule has 0 spiro atoms. The smallest absolute Gasteiger partial charge is 0.267 e. The maximum absolute atomic E-state index is 10.9. The Kier molecular flexibility index (Phi) is 2.20. The van der Waals surface area contributed by atoms with Crippen LogP contribution in [0, 0.1) is 0 Å². The van der Waals surface area contributed by atoms with Crippen LogP contribution in [0.25, 0.3) is 0 Å². The molecule has 1 aliphatic rings. The molecule has 1 aliphatic heterocycles. The van der Waals surface area contributed by atoms with E-state index in [1.165, 1.54) is 7.05 Å². The van der Waals surface area contributed by atoms with Gasteiger partial charge in [-0.05, 0) is 0 Å². The van der Waals surface area contributed by atoms with Gasteiger partial charge >= 0.3 is 0 Å². The van der Waals surface area contributed by atoms with Crippen LogP contribution >= 0.6 is 0 Å². The van der Waals surface area contributed by atoms with E-state index >= 15 is 0 Å². The third-order valence-corrected chi connectivity index (χ3v) is 1.39. The van der Waals surface area contributed by atoms with Crippen LogP contribution in [0.1, 0.15) is 12.8 Å². The van der Waals surface area contributed by atoms with Crippen LogP contribution < -0.4 is 10.7 Å². The molecule has 0 saturated carbocycles. The van der Waals surface area contributed by atoms with Crippen molar-refractivity contribution in [3.05, 3.63) is 0 Å². The van der Waals surface area contributed by atoms with E-state index in [-0.39, 0.29) is 11.8 Å². The standard InChI is InChI=1S/C6H9N3O2/c1-7-6(11)4-2-3-5(10)9-8-4/h2-3H2,1H3,(H,7,11)(H,9,10). The van der Waals surface area contributed by atoms with E-state index in [4.69, 9.17) is 0 Å². The average molecular weight is 155 g/mol. The van der Waals surface area contributed by atoms with Gasteiger partial charge in [-0.1, -0.05) is 0 Å². The monoisotopic (exact) mass is 155 g/mol. The van der Waals surface area contributed by atoms with E-state index in [9.17, 15) is 9.59 Å². The third kappa shape index (κ3) is 1.76. The lowest BCUT2D eigenvalue weighted by Crippen LogP contribution is -2.35. The summed E-state index contributed by atoms with van der Waals surface area (Å²) in [6.07, 6.45) is 0.762. The first kappa shape index (κ1) is 7.71. The zero-order chi connectivity index (χ0) is 8.27. The topological polar surface area (TPSA) is 70.6 Å². The molecule has 1 rings (SSSR count). The summed E-state index contributed by atoms with van der Waals surface area (Å²) in [7, 11) is 1.53. The Morgan fingerprint density at radius 1 is 1.64 bits per heavy atom. The highest BCUT2D eigenvalue weighted by atomic mass is 16.2. The van der Waals surface area contributed by atoms with Crippen LogP contribution in [-0.4, -0.2) is 24.6 Å². The molecule has 1 heterocycles. The number of rotatable bonds is 1. The van der Waals surface area contributed by atoms with Crippen molar-refractivity contribution >= 4 is 17.5 Å². The number of hydrazone groups is 1. The van der Waals surface area contributed by atoms with Gasteiger partial charge in [-0.25, -0.2) is 5.43 Å². The van der Waals surface area contributed by atoms with Crippen LogP contribution in [0.2, 0.25) is 0 Å². The fourth-order valence-electron chi connectivity index (χ4n) is 0.782. The van der Waals surface area contributed by atoms with Crippen LogP contribution in [0.5, 0.6) is 0 Å². The van der Waals surface area contributed by atoms with Gasteiger partial charge in [0.05, 0.1) is 0 Å². The summed E-state index contributed by atoms with van der Waals surface area (Å²) in [6.45, 7) is 0. The molecule has 0 aromatic heterocycles. The van der Waals surface area contributed by atoms with Crippen molar-refractivity contribution in [2.24, 2.45) is 5.10 Å². The molecule has 2 amide bonds. The second-order valence-electron chi connectivity index (χ2n) is 2.17. The van der Waals surface area contributed by atoms with Crippen LogP contribution in [0.4, 0.5) is 0 Å². The van der Waals surface area contributed by atoms with Crippen LogP contribution in [0.15, 0.2) is 5.10 Å². The summed E-state index contributed by atoms with van der Waals surface area (Å²) < 4.78 is 0. The van der Waals surface area contributed by atoms with E-state index in [2.05, 4.69) is 15.8 Å². The van der Waals surface area contributed by atoms with Crippen molar-refractivity contribution in [2.45, 2.75) is 12.8 Å². The van der Waals surface area contributed by atoms with Crippen molar-refractivity contribution in [3.63, 3.8) is 0 Å². The Morgan fingerprint density at radius 2 is 2.36 bits per heavy atom. The maximum Gasteiger partial charge on any atom is 0.267 e. The predicted molar refractivity (Wildman–Crippen MR) is 38.9 cm³/mol. The second-order valence-corrected chi connectivity index (χ2v) is 2.17. The summed E-state index contributed by atoms with van der Waals surface area (Å²) in [6, 6.07) is 0. The van der Waals surface area contributed by atoms with Gasteiger partial charge in [0.2, 0.25) is 5.91 Å². The summed E-state index contributed by atoms with van der Waals surface area (Å²) >= 11 is 0. The van der Waals surface area contributed by atoms with E-state index in [0.29, 0.717) is 18.6 Å². The molecule has 11 heavy (non-hydrogen) atoms. The summed E-state index contributed by atoms with van der Waals surface area (Å²) in [5, 5.41) is 6.01. The van der Waals surface area contributed by atoms with E-state index in [1.54, 1.807) is 0 Å². The first-order chi connectivity index (χ1) is 5.24. The lowest BCUT2D eigenvalue weighted by atomic mass is 10.2. The Labute approximate surface area is 63.8 Å². The summed E-state index contributed by atoms with van der Waals surface area (Å²) in [4.78, 5) is 21.4. The minimum Gasteiger partial charge on any atom is -0.354 e. The summed E-state index contributed by atoms with van der Waals surface area (Å²) in [5.74, 6) is -0.373. The molecule has 0 unspecified atom stereocenters. The number of hydrogen-bond acceptors (Lipinski definition) is 3. The summed E-state index contributed by atoms with van der Waals surface area (Å²) in [5.41, 5.74) is 2.62. The minimum absolute atomic E-state index is 0.141. The highest BCUT2D eigenvalue weighted by Gasteiger charge is 2.16. The van der Waals surface area contributed by atoms with Gasteiger partial charge in [0.25, 0.3) is 5.91 Å². The van der Waals surface area contributed by atoms with E-state index in [1.807, 2.05) is 0 Å². The van der Waals surface area contributed by atoms with Crippen molar-refractivity contribution in [2.75, 3.05) is 7.05 Å². The van der Waals surface area contributed by atoms with Gasteiger partial charge in [0.1, 0.15) is 5.71 Å². The van der Waals surface area contributed by atoms with Crippen LogP contribution in [0.3, 0.4) is 0 Å². The number of amides is 2. The largest absolute Gasteiger partial charge is 0.354 e. The first-order valence-corrected chi connectivity index (χ1v) is 3.31. The molecule has 0 aliphatic carbocycles. The molecule has 0 aromatic carbocycles. The molecular weight excluding hydrogens is 146 g/mol. The lowest BCUT2D eigenvalue weighted by molar-refractivity contribution is -0.121. The number of carbonyl (C=O) groups is 2. The van der Waals surface area contributed by atoms with Crippen molar-refractivity contribution in [3.8, 4) is 0 Å². The first-order valence-electron chi connectivity index (χ1n) is 3.31. The maximum atomic E-state index is 10.9. The van der Waals surface area contributed by atoms with E-state index < -0.39 is 0 Å². The molecule has 0 atom stereocenters. The number of nitrogens with zero attached hydrogens (tertiary/aromatic N) is 1. The fraction of sp³-hybridized carbons (Fsp3) is 0.500. The zero-order valence-corrected chi connectivity index (χ0v) is 6.18. The highest BCUT2D eigenvalue weighted by Crippen LogP contribution is 1.98. The quantitative estimate of drug-likeness (QED) is 0.509. The zero-order valence-electron chi connectivity index (χ0n) is 6.18. The lowest BCUT2D eigenvalue weighted by Gasteiger charge is -2.09. The molecular formula is C6H9N3O2. The van der Waals surface area contributed by atoms with Gasteiger partial charge in [0, 0.05) is 19.9 Å². The molecule has 0 radical (unpaired) electrons. The molecule has 5 nitrogen and oxygen atoms in total. The van der Waals surface area contributed by atoms with Gasteiger partial charge < -0.3 is 5.32 Å². The fourth-order valence-corrected chi connectivity index (χ4v) is 0.782. The second kappa shape index (κ2) is 3.14. The third-order valence-electron chi connectivity index (χ3n) is 1.39. The van der Waals surface area contributed by atoms with Gasteiger partial charge in [0.15, 0.2) is 0 Å². The minimum atomic E-state index is -0.231. The Bertz CT molecular complexity index is 222. The predicted octanol–water partition coefficient (Wildman–Crippen LogP) is -1.00. The van der Waals surface area contributed by atoms with Gasteiger partial charge in [-0.3, -0.25) is 9.59 Å². The number of nitrogens with one attached hydrogen (secondary N) is 2. The normalized spacial score (nSPS) is 16.8. The van der Waals surface area contributed by atoms with Crippen molar-refractivity contribution < 1.29 is 9.59 Å². The molecule has 0 fully saturated rings. The number of hydrogen-bond donors (Lipinski definition) is 2. The van der Waals surface area contributed by atoms with Crippen molar-refractivity contribution in [1.29, 1.82) is 0 Å². The molecule has 0 aromatic rings. The van der Waals surface area contributed by atoms with E-state index in [0.717, 1.165) is 0 Å². The molecule has 5 heteroatoms. The molecule has 60 valence electrons. The van der Waals surface area contributed by atoms with Gasteiger partial charge in [-0.15, -0.1) is 0 Å². The SMILES string of the molecule is CNC(=O)C1=NNC(=O)CC1. The highest BCUT2D eigenvalue weighted by molar-refractivity contribution is 6.39. The Morgan fingerprint density at radius 3 is 2.82 bits per heavy atom. The van der Waals surface area contributed by atoms with Crippen molar-refractivity contribution in [1.82, 2.24) is 10.7 Å². The number of carbonyl (C=O) groups excluding carboxylic acids is 2.